The van der Waals surface area contributed by atoms with Gasteiger partial charge in [-0.1, -0.05) is 6.92 Å². The van der Waals surface area contributed by atoms with Crippen LogP contribution in [0.5, 0.6) is 0 Å². The van der Waals surface area contributed by atoms with Crippen molar-refractivity contribution in [2.75, 3.05) is 11.4 Å². The summed E-state index contributed by atoms with van der Waals surface area (Å²) < 4.78 is 7.44. The van der Waals surface area contributed by atoms with E-state index in [-0.39, 0.29) is 6.04 Å². The van der Waals surface area contributed by atoms with Gasteiger partial charge in [0.25, 0.3) is 0 Å². The topological polar surface area (TPSA) is 60.2 Å². The Bertz CT molecular complexity index is 559. The highest BCUT2D eigenvalue weighted by Crippen LogP contribution is 2.26. The molecule has 0 fully saturated rings. The van der Waals surface area contributed by atoms with Crippen LogP contribution in [0.2, 0.25) is 0 Å². The molecule has 2 N–H and O–H groups in total. The number of anilines is 1. The Morgan fingerprint density at radius 1 is 1.43 bits per heavy atom. The van der Waals surface area contributed by atoms with Gasteiger partial charge >= 0.3 is 0 Å². The van der Waals surface area contributed by atoms with E-state index in [0.717, 1.165) is 43.2 Å². The quantitative estimate of drug-likeness (QED) is 0.851. The van der Waals surface area contributed by atoms with Crippen molar-refractivity contribution in [3.05, 3.63) is 35.4 Å². The van der Waals surface area contributed by atoms with Gasteiger partial charge in [-0.25, -0.2) is 0 Å². The third-order valence-corrected chi connectivity index (χ3v) is 3.91. The molecule has 2 aromatic rings. The summed E-state index contributed by atoms with van der Waals surface area (Å²) in [5.74, 6) is 2.11. The maximum Gasteiger partial charge on any atom is 0.130 e. The van der Waals surface area contributed by atoms with Gasteiger partial charge in [0.2, 0.25) is 0 Å². The monoisotopic (exact) mass is 290 g/mol. The molecule has 0 amide bonds. The third kappa shape index (κ3) is 3.47. The first kappa shape index (κ1) is 15.6. The van der Waals surface area contributed by atoms with Gasteiger partial charge in [0.05, 0.1) is 18.5 Å². The summed E-state index contributed by atoms with van der Waals surface area (Å²) in [5.41, 5.74) is 8.47. The summed E-state index contributed by atoms with van der Waals surface area (Å²) in [7, 11) is 1.99. The van der Waals surface area contributed by atoms with Gasteiger partial charge in [0, 0.05) is 25.2 Å². The highest BCUT2D eigenvalue weighted by atomic mass is 16.3. The number of nitrogens with zero attached hydrogens (tertiary/aromatic N) is 3. The van der Waals surface area contributed by atoms with Gasteiger partial charge < -0.3 is 15.1 Å². The molecule has 5 heteroatoms. The molecule has 0 aromatic carbocycles. The highest BCUT2D eigenvalue weighted by molar-refractivity contribution is 5.50. The number of rotatable bonds is 7. The molecule has 1 atom stereocenters. The molecule has 0 aliphatic heterocycles. The van der Waals surface area contributed by atoms with Gasteiger partial charge in [-0.2, -0.15) is 5.10 Å². The summed E-state index contributed by atoms with van der Waals surface area (Å²) in [6, 6.07) is 4.10. The van der Waals surface area contributed by atoms with Crippen molar-refractivity contribution in [2.24, 2.45) is 12.8 Å². The zero-order valence-corrected chi connectivity index (χ0v) is 13.5. The van der Waals surface area contributed by atoms with Crippen LogP contribution in [-0.2, 0) is 20.0 Å². The van der Waals surface area contributed by atoms with E-state index in [2.05, 4.69) is 30.8 Å². The van der Waals surface area contributed by atoms with Crippen LogP contribution >= 0.6 is 0 Å². The van der Waals surface area contributed by atoms with E-state index in [1.165, 1.54) is 5.56 Å². The molecule has 0 aliphatic carbocycles. The average molecular weight is 290 g/mol. The molecule has 0 bridgehead atoms. The summed E-state index contributed by atoms with van der Waals surface area (Å²) in [6.07, 6.45) is 3.55. The molecule has 0 aliphatic rings. The minimum atomic E-state index is 0.175. The molecule has 5 nitrogen and oxygen atoms in total. The molecular weight excluding hydrogens is 264 g/mol. The van der Waals surface area contributed by atoms with Crippen molar-refractivity contribution in [1.82, 2.24) is 9.78 Å². The lowest BCUT2D eigenvalue weighted by Crippen LogP contribution is -2.27. The zero-order valence-electron chi connectivity index (χ0n) is 13.5. The highest BCUT2D eigenvalue weighted by Gasteiger charge is 2.20. The Balaban J connectivity index is 2.31. The van der Waals surface area contributed by atoms with E-state index in [1.54, 1.807) is 6.26 Å². The molecule has 0 saturated heterocycles. The maximum atomic E-state index is 6.16. The zero-order chi connectivity index (χ0) is 15.4. The molecule has 2 aromatic heterocycles. The summed E-state index contributed by atoms with van der Waals surface area (Å²) in [4.78, 5) is 2.29. The molecule has 2 heterocycles. The van der Waals surface area contributed by atoms with Crippen LogP contribution in [-0.4, -0.2) is 22.4 Å². The number of hydrogen-bond donors (Lipinski definition) is 1. The fourth-order valence-corrected chi connectivity index (χ4v) is 2.66. The van der Waals surface area contributed by atoms with E-state index >= 15 is 0 Å². The Labute approximate surface area is 126 Å². The second-order valence-electron chi connectivity index (χ2n) is 5.48. The van der Waals surface area contributed by atoms with Gasteiger partial charge in [0.15, 0.2) is 0 Å². The van der Waals surface area contributed by atoms with Gasteiger partial charge in [-0.15, -0.1) is 0 Å². The van der Waals surface area contributed by atoms with E-state index in [1.807, 2.05) is 23.9 Å². The Kier molecular flexibility index (Phi) is 5.07. The lowest BCUT2D eigenvalue weighted by atomic mass is 10.0. The molecule has 21 heavy (non-hydrogen) atoms. The van der Waals surface area contributed by atoms with Gasteiger partial charge in [-0.3, -0.25) is 4.68 Å². The SMILES string of the molecule is CCC(N)Cc1c(C)nn(C)c1N(CC)Cc1ccco1. The fraction of sp³-hybridized carbons (Fsp3) is 0.562. The number of furan rings is 1. The van der Waals surface area contributed by atoms with E-state index in [0.29, 0.717) is 0 Å². The fourth-order valence-electron chi connectivity index (χ4n) is 2.66. The van der Waals surface area contributed by atoms with Crippen LogP contribution in [0, 0.1) is 6.92 Å². The van der Waals surface area contributed by atoms with Crippen molar-refractivity contribution < 1.29 is 4.42 Å². The first-order valence-electron chi connectivity index (χ1n) is 7.62. The van der Waals surface area contributed by atoms with Gasteiger partial charge in [-0.05, 0) is 38.8 Å². The van der Waals surface area contributed by atoms with Gasteiger partial charge in [0.1, 0.15) is 11.6 Å². The number of hydrogen-bond acceptors (Lipinski definition) is 4. The predicted molar refractivity (Wildman–Crippen MR) is 85.3 cm³/mol. The third-order valence-electron chi connectivity index (χ3n) is 3.91. The second-order valence-corrected chi connectivity index (χ2v) is 5.48. The second kappa shape index (κ2) is 6.80. The Hall–Kier alpha value is -1.75. The predicted octanol–water partition coefficient (Wildman–Crippen LogP) is 2.63. The Morgan fingerprint density at radius 3 is 2.76 bits per heavy atom. The lowest BCUT2D eigenvalue weighted by molar-refractivity contribution is 0.500. The van der Waals surface area contributed by atoms with Crippen LogP contribution < -0.4 is 10.6 Å². The van der Waals surface area contributed by atoms with Crippen molar-refractivity contribution in [2.45, 2.75) is 46.2 Å². The molecule has 2 rings (SSSR count). The van der Waals surface area contributed by atoms with Crippen LogP contribution in [0.3, 0.4) is 0 Å². The average Bonchev–Trinajstić information content (AvgIpc) is 3.06. The van der Waals surface area contributed by atoms with Crippen LogP contribution in [0.15, 0.2) is 22.8 Å². The van der Waals surface area contributed by atoms with E-state index in [4.69, 9.17) is 10.2 Å². The molecule has 0 spiro atoms. The number of aryl methyl sites for hydroxylation is 2. The molecule has 0 radical (unpaired) electrons. The first-order valence-corrected chi connectivity index (χ1v) is 7.62. The Morgan fingerprint density at radius 2 is 2.19 bits per heavy atom. The normalized spacial score (nSPS) is 12.6. The molecule has 0 saturated carbocycles. The maximum absolute atomic E-state index is 6.16. The van der Waals surface area contributed by atoms with Crippen LogP contribution in [0.1, 0.15) is 37.3 Å². The lowest BCUT2D eigenvalue weighted by Gasteiger charge is -2.24. The van der Waals surface area contributed by atoms with Crippen LogP contribution in [0.4, 0.5) is 5.82 Å². The summed E-state index contributed by atoms with van der Waals surface area (Å²) in [6.45, 7) is 7.97. The van der Waals surface area contributed by atoms with E-state index < -0.39 is 0 Å². The van der Waals surface area contributed by atoms with Crippen molar-refractivity contribution in [1.29, 1.82) is 0 Å². The van der Waals surface area contributed by atoms with E-state index in [9.17, 15) is 0 Å². The molecule has 116 valence electrons. The van der Waals surface area contributed by atoms with Crippen molar-refractivity contribution in [3.63, 3.8) is 0 Å². The molecule has 1 unspecified atom stereocenters. The number of nitrogens with two attached hydrogens (primary N) is 1. The minimum Gasteiger partial charge on any atom is -0.467 e. The summed E-state index contributed by atoms with van der Waals surface area (Å²) >= 11 is 0. The largest absolute Gasteiger partial charge is 0.467 e. The first-order chi connectivity index (χ1) is 10.1. The smallest absolute Gasteiger partial charge is 0.130 e. The number of aromatic nitrogens is 2. The molecular formula is C16H26N4O. The summed E-state index contributed by atoms with van der Waals surface area (Å²) in [5, 5.41) is 4.59. The minimum absolute atomic E-state index is 0.175. The van der Waals surface area contributed by atoms with Crippen LogP contribution in [0.25, 0.3) is 0 Å². The standard InChI is InChI=1S/C16H26N4O/c1-5-13(17)10-15-12(3)18-19(4)16(15)20(6-2)11-14-8-7-9-21-14/h7-9,13H,5-6,10-11,17H2,1-4H3. The van der Waals surface area contributed by atoms with Crippen molar-refractivity contribution >= 4 is 5.82 Å². The van der Waals surface area contributed by atoms with Crippen molar-refractivity contribution in [3.8, 4) is 0 Å².